The van der Waals surface area contributed by atoms with Gasteiger partial charge in [0.05, 0.1) is 10.5 Å². The summed E-state index contributed by atoms with van der Waals surface area (Å²) in [6, 6.07) is 15.6. The van der Waals surface area contributed by atoms with Gasteiger partial charge < -0.3 is 10.2 Å². The van der Waals surface area contributed by atoms with Crippen LogP contribution >= 0.6 is 0 Å². The number of piperidine rings is 1. The second kappa shape index (κ2) is 9.96. The van der Waals surface area contributed by atoms with Crippen molar-refractivity contribution in [3.8, 4) is 0 Å². The van der Waals surface area contributed by atoms with Gasteiger partial charge in [-0.1, -0.05) is 24.3 Å². The maximum absolute atomic E-state index is 14.4. The number of likely N-dealkylation sites (tertiary alicyclic amines) is 1. The Morgan fingerprint density at radius 2 is 1.76 bits per heavy atom. The van der Waals surface area contributed by atoms with Crippen molar-refractivity contribution in [2.75, 3.05) is 13.1 Å². The summed E-state index contributed by atoms with van der Waals surface area (Å²) in [5.41, 5.74) is 1.69. The van der Waals surface area contributed by atoms with Gasteiger partial charge in [0, 0.05) is 36.3 Å². The highest BCUT2D eigenvalue weighted by Crippen LogP contribution is 2.54. The van der Waals surface area contributed by atoms with E-state index >= 15 is 0 Å². The first-order valence-corrected chi connectivity index (χ1v) is 12.5. The molecule has 3 aromatic rings. The molecular weight excluding hydrogens is 492 g/mol. The average Bonchev–Trinajstić information content (AvgIpc) is 3.54. The monoisotopic (exact) mass is 519 g/mol. The molecule has 1 spiro atoms. The highest BCUT2D eigenvalue weighted by Gasteiger charge is 2.56. The van der Waals surface area contributed by atoms with Crippen molar-refractivity contribution in [2.24, 2.45) is 5.41 Å². The molecule has 3 aromatic carbocycles. The van der Waals surface area contributed by atoms with Crippen LogP contribution in [0.1, 0.15) is 56.7 Å². The molecule has 5 rings (SSSR count). The first-order chi connectivity index (χ1) is 18.2. The van der Waals surface area contributed by atoms with E-state index in [0.29, 0.717) is 37.9 Å². The SMILES string of the molecule is Cc1c([N+](=O)[O-])ccc(F)c1C(=O)NC1CC12CCN(C(=O)c1ccc(Cc3cccc(F)c3)cc1)CC2. The van der Waals surface area contributed by atoms with Crippen LogP contribution in [0.15, 0.2) is 60.7 Å². The van der Waals surface area contributed by atoms with Crippen molar-refractivity contribution in [1.82, 2.24) is 10.2 Å². The Morgan fingerprint density at radius 1 is 1.05 bits per heavy atom. The van der Waals surface area contributed by atoms with Crippen LogP contribution < -0.4 is 5.32 Å². The summed E-state index contributed by atoms with van der Waals surface area (Å²) >= 11 is 0. The summed E-state index contributed by atoms with van der Waals surface area (Å²) in [5.74, 6) is -1.78. The molecule has 1 N–H and O–H groups in total. The fourth-order valence-corrected chi connectivity index (χ4v) is 5.46. The van der Waals surface area contributed by atoms with Crippen molar-refractivity contribution in [1.29, 1.82) is 0 Å². The minimum atomic E-state index is -0.789. The Hall–Kier alpha value is -4.14. The zero-order chi connectivity index (χ0) is 27.0. The quantitative estimate of drug-likeness (QED) is 0.358. The number of carbonyl (C=O) groups is 2. The van der Waals surface area contributed by atoms with Gasteiger partial charge in [0.2, 0.25) is 0 Å². The summed E-state index contributed by atoms with van der Waals surface area (Å²) in [7, 11) is 0. The Labute approximate surface area is 218 Å². The molecule has 1 saturated carbocycles. The molecule has 1 heterocycles. The first-order valence-electron chi connectivity index (χ1n) is 12.5. The van der Waals surface area contributed by atoms with Crippen molar-refractivity contribution < 1.29 is 23.3 Å². The van der Waals surface area contributed by atoms with Crippen LogP contribution in [0.2, 0.25) is 0 Å². The van der Waals surface area contributed by atoms with Gasteiger partial charge >= 0.3 is 0 Å². The molecular formula is C29H27F2N3O4. The number of hydrogen-bond acceptors (Lipinski definition) is 4. The maximum Gasteiger partial charge on any atom is 0.273 e. The van der Waals surface area contributed by atoms with Crippen molar-refractivity contribution in [2.45, 2.75) is 38.6 Å². The van der Waals surface area contributed by atoms with Crippen LogP contribution in [0.25, 0.3) is 0 Å². The lowest BCUT2D eigenvalue weighted by Crippen LogP contribution is -2.41. The van der Waals surface area contributed by atoms with Gasteiger partial charge in [-0.25, -0.2) is 8.78 Å². The average molecular weight is 520 g/mol. The van der Waals surface area contributed by atoms with Crippen LogP contribution in [-0.4, -0.2) is 40.8 Å². The van der Waals surface area contributed by atoms with E-state index in [9.17, 15) is 28.5 Å². The molecule has 38 heavy (non-hydrogen) atoms. The highest BCUT2D eigenvalue weighted by atomic mass is 19.1. The Morgan fingerprint density at radius 3 is 2.42 bits per heavy atom. The van der Waals surface area contributed by atoms with Gasteiger partial charge in [-0.2, -0.15) is 0 Å². The van der Waals surface area contributed by atoms with E-state index in [1.54, 1.807) is 23.1 Å². The van der Waals surface area contributed by atoms with Crippen LogP contribution in [-0.2, 0) is 6.42 Å². The van der Waals surface area contributed by atoms with E-state index in [0.717, 1.165) is 29.7 Å². The summed E-state index contributed by atoms with van der Waals surface area (Å²) in [4.78, 5) is 38.2. The number of nitro benzene ring substituents is 1. The summed E-state index contributed by atoms with van der Waals surface area (Å²) < 4.78 is 27.8. The fraction of sp³-hybridized carbons (Fsp3) is 0.310. The second-order valence-electron chi connectivity index (χ2n) is 10.2. The van der Waals surface area contributed by atoms with Gasteiger partial charge in [0.1, 0.15) is 11.6 Å². The summed E-state index contributed by atoms with van der Waals surface area (Å²) in [6.07, 6.45) is 2.71. The van der Waals surface area contributed by atoms with Gasteiger partial charge in [-0.3, -0.25) is 19.7 Å². The van der Waals surface area contributed by atoms with Crippen LogP contribution in [0, 0.1) is 34.1 Å². The molecule has 2 amide bonds. The standard InChI is InChI=1S/C29H27F2N3O4/c1-18-24(34(37)38)10-9-23(31)26(18)27(35)32-25-17-29(25)11-13-33(14-12-29)28(36)21-7-5-19(6-8-21)15-20-3-2-4-22(30)16-20/h2-10,16,25H,11-15,17H2,1H3,(H,32,35). The van der Waals surface area contributed by atoms with Crippen LogP contribution in [0.3, 0.4) is 0 Å². The molecule has 0 bridgehead atoms. The number of halogens is 2. The maximum atomic E-state index is 14.4. The molecule has 1 aliphatic heterocycles. The number of nitrogens with one attached hydrogen (secondary N) is 1. The Bertz CT molecular complexity index is 1420. The smallest absolute Gasteiger partial charge is 0.273 e. The summed E-state index contributed by atoms with van der Waals surface area (Å²) in [5, 5.41) is 14.0. The van der Waals surface area contributed by atoms with Gasteiger partial charge in [-0.05, 0) is 79.5 Å². The van der Waals surface area contributed by atoms with E-state index < -0.39 is 16.6 Å². The van der Waals surface area contributed by atoms with Crippen molar-refractivity contribution >= 4 is 17.5 Å². The lowest BCUT2D eigenvalue weighted by molar-refractivity contribution is -0.385. The molecule has 1 unspecified atom stereocenters. The minimum Gasteiger partial charge on any atom is -0.349 e. The molecule has 7 nitrogen and oxygen atoms in total. The molecule has 0 radical (unpaired) electrons. The lowest BCUT2D eigenvalue weighted by Gasteiger charge is -2.33. The number of nitro groups is 1. The third-order valence-corrected chi connectivity index (χ3v) is 7.85. The van der Waals surface area contributed by atoms with Crippen molar-refractivity contribution in [3.63, 3.8) is 0 Å². The molecule has 1 atom stereocenters. The third kappa shape index (κ3) is 5.01. The molecule has 196 valence electrons. The molecule has 0 aromatic heterocycles. The van der Waals surface area contributed by atoms with Crippen LogP contribution in [0.5, 0.6) is 0 Å². The Kier molecular flexibility index (Phi) is 6.69. The normalized spacial score (nSPS) is 17.8. The van der Waals surface area contributed by atoms with Crippen LogP contribution in [0.4, 0.5) is 14.5 Å². The lowest BCUT2D eigenvalue weighted by atomic mass is 9.92. The first kappa shape index (κ1) is 25.5. The number of carbonyl (C=O) groups excluding carboxylic acids is 2. The number of rotatable bonds is 6. The van der Waals surface area contributed by atoms with Gasteiger partial charge in [0.25, 0.3) is 17.5 Å². The molecule has 9 heteroatoms. The zero-order valence-electron chi connectivity index (χ0n) is 20.9. The van der Waals surface area contributed by atoms with E-state index in [-0.39, 0.29) is 40.0 Å². The van der Waals surface area contributed by atoms with Gasteiger partial charge in [-0.15, -0.1) is 0 Å². The predicted molar refractivity (Wildman–Crippen MR) is 137 cm³/mol. The Balaban J connectivity index is 1.16. The topological polar surface area (TPSA) is 92.5 Å². The molecule has 1 saturated heterocycles. The largest absolute Gasteiger partial charge is 0.349 e. The van der Waals surface area contributed by atoms with E-state index in [2.05, 4.69) is 5.32 Å². The zero-order valence-corrected chi connectivity index (χ0v) is 20.9. The summed E-state index contributed by atoms with van der Waals surface area (Å²) in [6.45, 7) is 2.46. The highest BCUT2D eigenvalue weighted by molar-refractivity contribution is 5.97. The number of amides is 2. The predicted octanol–water partition coefficient (Wildman–Crippen LogP) is 5.20. The van der Waals surface area contributed by atoms with E-state index in [1.807, 2.05) is 18.2 Å². The number of nitrogens with zero attached hydrogens (tertiary/aromatic N) is 2. The van der Waals surface area contributed by atoms with Crippen molar-refractivity contribution in [3.05, 3.63) is 110 Å². The number of benzene rings is 3. The van der Waals surface area contributed by atoms with E-state index in [1.165, 1.54) is 19.1 Å². The molecule has 2 aliphatic rings. The molecule has 2 fully saturated rings. The minimum absolute atomic E-state index is 0.00423. The second-order valence-corrected chi connectivity index (χ2v) is 10.2. The van der Waals surface area contributed by atoms with E-state index in [4.69, 9.17) is 0 Å². The number of hydrogen-bond donors (Lipinski definition) is 1. The van der Waals surface area contributed by atoms with Gasteiger partial charge in [0.15, 0.2) is 0 Å². The fourth-order valence-electron chi connectivity index (χ4n) is 5.46. The molecule has 1 aliphatic carbocycles. The third-order valence-electron chi connectivity index (χ3n) is 7.85.